The summed E-state index contributed by atoms with van der Waals surface area (Å²) in [5.74, 6) is -0.0929. The van der Waals surface area contributed by atoms with Crippen LogP contribution in [-0.2, 0) is 4.79 Å². The van der Waals surface area contributed by atoms with Crippen molar-refractivity contribution in [1.82, 2.24) is 5.32 Å². The Labute approximate surface area is 156 Å². The number of nitrogens with one attached hydrogen (secondary N) is 1. The molecule has 26 heavy (non-hydrogen) atoms. The molecule has 0 radical (unpaired) electrons. The number of allylic oxidation sites excluding steroid dienone is 1. The lowest BCUT2D eigenvalue weighted by atomic mass is 9.94. The van der Waals surface area contributed by atoms with Gasteiger partial charge in [0.05, 0.1) is 5.92 Å². The van der Waals surface area contributed by atoms with Gasteiger partial charge in [-0.1, -0.05) is 85.7 Å². The van der Waals surface area contributed by atoms with E-state index in [-0.39, 0.29) is 18.4 Å². The van der Waals surface area contributed by atoms with Gasteiger partial charge in [-0.15, -0.1) is 0 Å². The second-order valence-corrected chi connectivity index (χ2v) is 6.44. The van der Waals surface area contributed by atoms with Crippen molar-refractivity contribution >= 4 is 12.0 Å². The number of benzene rings is 2. The maximum Gasteiger partial charge on any atom is 0.227 e. The minimum absolute atomic E-state index is 0.0797. The number of aliphatic hydroxyl groups is 1. The first-order valence-corrected chi connectivity index (χ1v) is 9.46. The Hall–Kier alpha value is -2.39. The molecule has 0 aliphatic rings. The van der Waals surface area contributed by atoms with Crippen LogP contribution in [-0.4, -0.2) is 24.2 Å². The first-order valence-electron chi connectivity index (χ1n) is 9.46. The molecule has 2 rings (SSSR count). The summed E-state index contributed by atoms with van der Waals surface area (Å²) in [6, 6.07) is 20.1. The summed E-state index contributed by atoms with van der Waals surface area (Å²) in [7, 11) is 0. The molecule has 0 aromatic heterocycles. The van der Waals surface area contributed by atoms with E-state index in [1.807, 2.05) is 48.5 Å². The summed E-state index contributed by atoms with van der Waals surface area (Å²) >= 11 is 0. The second kappa shape index (κ2) is 12.0. The van der Waals surface area contributed by atoms with Gasteiger partial charge in [-0.05, 0) is 30.4 Å². The smallest absolute Gasteiger partial charge is 0.227 e. The Bertz CT molecular complexity index is 652. The molecule has 0 fully saturated rings. The number of rotatable bonds is 11. The number of amides is 1. The van der Waals surface area contributed by atoms with Crippen LogP contribution in [0.2, 0.25) is 0 Å². The van der Waals surface area contributed by atoms with E-state index < -0.39 is 0 Å². The SMILES string of the molecule is O=C(NCCCCCCO)C(C/C=C/c1ccccc1)c1ccccc1. The number of hydrogen-bond acceptors (Lipinski definition) is 2. The summed E-state index contributed by atoms with van der Waals surface area (Å²) < 4.78 is 0. The third-order valence-electron chi connectivity index (χ3n) is 4.38. The van der Waals surface area contributed by atoms with Crippen molar-refractivity contribution in [3.63, 3.8) is 0 Å². The van der Waals surface area contributed by atoms with Crippen molar-refractivity contribution in [2.75, 3.05) is 13.2 Å². The fourth-order valence-electron chi connectivity index (χ4n) is 2.91. The number of unbranched alkanes of at least 4 members (excludes halogenated alkanes) is 3. The van der Waals surface area contributed by atoms with Crippen LogP contribution >= 0.6 is 0 Å². The van der Waals surface area contributed by atoms with Gasteiger partial charge >= 0.3 is 0 Å². The normalized spacial score (nSPS) is 12.2. The van der Waals surface area contributed by atoms with Crippen LogP contribution < -0.4 is 5.32 Å². The zero-order valence-electron chi connectivity index (χ0n) is 15.3. The zero-order chi connectivity index (χ0) is 18.5. The highest BCUT2D eigenvalue weighted by Crippen LogP contribution is 2.21. The van der Waals surface area contributed by atoms with Crippen molar-refractivity contribution in [3.05, 3.63) is 77.9 Å². The average Bonchev–Trinajstić information content (AvgIpc) is 2.69. The Morgan fingerprint density at radius 2 is 1.58 bits per heavy atom. The van der Waals surface area contributed by atoms with Crippen molar-refractivity contribution in [2.24, 2.45) is 0 Å². The summed E-state index contributed by atoms with van der Waals surface area (Å²) in [6.45, 7) is 0.937. The molecular formula is C23H29NO2. The molecule has 2 aromatic rings. The fraction of sp³-hybridized carbons (Fsp3) is 0.348. The van der Waals surface area contributed by atoms with Crippen LogP contribution in [0.5, 0.6) is 0 Å². The van der Waals surface area contributed by atoms with E-state index in [9.17, 15) is 4.79 Å². The van der Waals surface area contributed by atoms with Gasteiger partial charge in [-0.2, -0.15) is 0 Å². The molecule has 1 amide bonds. The second-order valence-electron chi connectivity index (χ2n) is 6.44. The molecule has 0 saturated carbocycles. The molecular weight excluding hydrogens is 322 g/mol. The molecule has 3 nitrogen and oxygen atoms in total. The molecule has 0 saturated heterocycles. The molecule has 3 heteroatoms. The molecule has 0 heterocycles. The molecule has 1 atom stereocenters. The first-order chi connectivity index (χ1) is 12.8. The van der Waals surface area contributed by atoms with Crippen molar-refractivity contribution in [1.29, 1.82) is 0 Å². The summed E-state index contributed by atoms with van der Waals surface area (Å²) in [5.41, 5.74) is 2.19. The number of carbonyl (C=O) groups excluding carboxylic acids is 1. The number of aliphatic hydroxyl groups excluding tert-OH is 1. The molecule has 0 spiro atoms. The molecule has 2 N–H and O–H groups in total. The first kappa shape index (κ1) is 19.9. The minimum Gasteiger partial charge on any atom is -0.396 e. The van der Waals surface area contributed by atoms with E-state index in [1.54, 1.807) is 0 Å². The Balaban J connectivity index is 1.91. The minimum atomic E-state index is -0.173. The Morgan fingerprint density at radius 1 is 0.923 bits per heavy atom. The topological polar surface area (TPSA) is 49.3 Å². The number of carbonyl (C=O) groups is 1. The van der Waals surface area contributed by atoms with Gasteiger partial charge < -0.3 is 10.4 Å². The van der Waals surface area contributed by atoms with Crippen molar-refractivity contribution < 1.29 is 9.90 Å². The van der Waals surface area contributed by atoms with Gasteiger partial charge in [0, 0.05) is 13.2 Å². The van der Waals surface area contributed by atoms with Crippen LogP contribution in [0.4, 0.5) is 0 Å². The molecule has 0 bridgehead atoms. The Kier molecular flexibility index (Phi) is 9.23. The highest BCUT2D eigenvalue weighted by atomic mass is 16.2. The summed E-state index contributed by atoms with van der Waals surface area (Å²) in [5, 5.41) is 11.9. The fourth-order valence-corrected chi connectivity index (χ4v) is 2.91. The quantitative estimate of drug-likeness (QED) is 0.584. The van der Waals surface area contributed by atoms with E-state index in [0.717, 1.165) is 36.8 Å². The van der Waals surface area contributed by atoms with Crippen LogP contribution in [0.25, 0.3) is 6.08 Å². The van der Waals surface area contributed by atoms with Gasteiger partial charge in [0.1, 0.15) is 0 Å². The highest BCUT2D eigenvalue weighted by molar-refractivity contribution is 5.83. The van der Waals surface area contributed by atoms with Crippen LogP contribution in [0, 0.1) is 0 Å². The van der Waals surface area contributed by atoms with Gasteiger partial charge in [0.15, 0.2) is 0 Å². The van der Waals surface area contributed by atoms with Gasteiger partial charge in [0.2, 0.25) is 5.91 Å². The third-order valence-corrected chi connectivity index (χ3v) is 4.38. The predicted molar refractivity (Wildman–Crippen MR) is 108 cm³/mol. The van der Waals surface area contributed by atoms with E-state index >= 15 is 0 Å². The molecule has 0 aliphatic carbocycles. The summed E-state index contributed by atoms with van der Waals surface area (Å²) in [6.07, 6.45) is 8.65. The zero-order valence-corrected chi connectivity index (χ0v) is 15.3. The number of hydrogen-bond donors (Lipinski definition) is 2. The standard InChI is InChI=1S/C23H29NO2/c25-19-10-2-1-9-18-24-23(26)22(21-15-7-4-8-16-21)17-11-14-20-12-5-3-6-13-20/h3-8,11-16,22,25H,1-2,9-10,17-19H2,(H,24,26)/b14-11+. The van der Waals surface area contributed by atoms with Gasteiger partial charge in [-0.3, -0.25) is 4.79 Å². The van der Waals surface area contributed by atoms with Crippen LogP contribution in [0.3, 0.4) is 0 Å². The van der Waals surface area contributed by atoms with Crippen molar-refractivity contribution in [2.45, 2.75) is 38.0 Å². The van der Waals surface area contributed by atoms with Crippen LogP contribution in [0.1, 0.15) is 49.1 Å². The van der Waals surface area contributed by atoms with E-state index in [2.05, 4.69) is 29.6 Å². The summed E-state index contributed by atoms with van der Waals surface area (Å²) in [4.78, 5) is 12.7. The van der Waals surface area contributed by atoms with E-state index in [0.29, 0.717) is 13.0 Å². The molecule has 0 aliphatic heterocycles. The monoisotopic (exact) mass is 351 g/mol. The molecule has 2 aromatic carbocycles. The van der Waals surface area contributed by atoms with E-state index in [4.69, 9.17) is 5.11 Å². The third kappa shape index (κ3) is 7.24. The maximum atomic E-state index is 12.7. The van der Waals surface area contributed by atoms with Gasteiger partial charge in [0.25, 0.3) is 0 Å². The maximum absolute atomic E-state index is 12.7. The highest BCUT2D eigenvalue weighted by Gasteiger charge is 2.18. The lowest BCUT2D eigenvalue weighted by Gasteiger charge is -2.16. The van der Waals surface area contributed by atoms with Gasteiger partial charge in [-0.25, -0.2) is 0 Å². The van der Waals surface area contributed by atoms with E-state index in [1.165, 1.54) is 0 Å². The molecule has 138 valence electrons. The Morgan fingerprint density at radius 3 is 2.27 bits per heavy atom. The van der Waals surface area contributed by atoms with Crippen LogP contribution in [0.15, 0.2) is 66.7 Å². The average molecular weight is 351 g/mol. The lowest BCUT2D eigenvalue weighted by Crippen LogP contribution is -2.30. The lowest BCUT2D eigenvalue weighted by molar-refractivity contribution is -0.122. The predicted octanol–water partition coefficient (Wildman–Crippen LogP) is 4.54. The largest absolute Gasteiger partial charge is 0.396 e. The van der Waals surface area contributed by atoms with Crippen molar-refractivity contribution in [3.8, 4) is 0 Å². The molecule has 1 unspecified atom stereocenters.